The van der Waals surface area contributed by atoms with Gasteiger partial charge in [0.1, 0.15) is 0 Å². The standard InChI is InChI=1S/C12H9F3N2S/c13-12(14,15)8(5-6-16)7-11-17-9-3-1-2-4-10(9)18-11/h1-4,8H,5,7H2/t8-/m1/s1. The van der Waals surface area contributed by atoms with Crippen molar-refractivity contribution in [2.75, 3.05) is 0 Å². The van der Waals surface area contributed by atoms with E-state index in [1.807, 2.05) is 12.1 Å². The number of nitriles is 1. The topological polar surface area (TPSA) is 36.7 Å². The summed E-state index contributed by atoms with van der Waals surface area (Å²) >= 11 is 1.25. The second-order valence-corrected chi connectivity index (χ2v) is 5.00. The molecule has 0 aliphatic rings. The number of nitrogens with zero attached hydrogens (tertiary/aromatic N) is 2. The molecule has 0 radical (unpaired) electrons. The number of hydrogen-bond acceptors (Lipinski definition) is 3. The molecule has 94 valence electrons. The van der Waals surface area contributed by atoms with E-state index in [1.165, 1.54) is 11.3 Å². The first-order valence-corrected chi connectivity index (χ1v) is 6.10. The van der Waals surface area contributed by atoms with Crippen LogP contribution in [0.5, 0.6) is 0 Å². The molecule has 0 bridgehead atoms. The molecule has 0 N–H and O–H groups in total. The lowest BCUT2D eigenvalue weighted by Gasteiger charge is -2.15. The Morgan fingerprint density at radius 3 is 2.67 bits per heavy atom. The molecule has 1 atom stereocenters. The fourth-order valence-corrected chi connectivity index (χ4v) is 2.68. The van der Waals surface area contributed by atoms with Crippen molar-refractivity contribution in [1.82, 2.24) is 4.98 Å². The van der Waals surface area contributed by atoms with E-state index >= 15 is 0 Å². The fraction of sp³-hybridized carbons (Fsp3) is 0.333. The third kappa shape index (κ3) is 2.79. The summed E-state index contributed by atoms with van der Waals surface area (Å²) in [4.78, 5) is 4.16. The van der Waals surface area contributed by atoms with Crippen LogP contribution in [0.3, 0.4) is 0 Å². The smallest absolute Gasteiger partial charge is 0.241 e. The van der Waals surface area contributed by atoms with Crippen molar-refractivity contribution in [3.63, 3.8) is 0 Å². The van der Waals surface area contributed by atoms with Gasteiger partial charge in [-0.1, -0.05) is 12.1 Å². The van der Waals surface area contributed by atoms with Crippen LogP contribution in [0.2, 0.25) is 0 Å². The van der Waals surface area contributed by atoms with E-state index in [0.717, 1.165) is 4.70 Å². The van der Waals surface area contributed by atoms with Crippen LogP contribution in [0.1, 0.15) is 11.4 Å². The number of para-hydroxylation sites is 1. The van der Waals surface area contributed by atoms with Crippen LogP contribution >= 0.6 is 11.3 Å². The minimum Gasteiger partial charge on any atom is -0.241 e. The van der Waals surface area contributed by atoms with Crippen molar-refractivity contribution in [3.05, 3.63) is 29.3 Å². The molecule has 1 heterocycles. The zero-order valence-electron chi connectivity index (χ0n) is 9.24. The number of halogens is 3. The van der Waals surface area contributed by atoms with Crippen LogP contribution in [-0.2, 0) is 6.42 Å². The lowest BCUT2D eigenvalue weighted by molar-refractivity contribution is -0.172. The van der Waals surface area contributed by atoms with Crippen molar-refractivity contribution < 1.29 is 13.2 Å². The zero-order valence-corrected chi connectivity index (χ0v) is 10.1. The van der Waals surface area contributed by atoms with Crippen LogP contribution in [0.4, 0.5) is 13.2 Å². The number of fused-ring (bicyclic) bond motifs is 1. The van der Waals surface area contributed by atoms with Crippen LogP contribution in [0.15, 0.2) is 24.3 Å². The zero-order chi connectivity index (χ0) is 13.2. The molecule has 2 nitrogen and oxygen atoms in total. The van der Waals surface area contributed by atoms with Crippen molar-refractivity contribution in [1.29, 1.82) is 5.26 Å². The first kappa shape index (κ1) is 12.8. The highest BCUT2D eigenvalue weighted by Gasteiger charge is 2.39. The average Bonchev–Trinajstić information content (AvgIpc) is 2.69. The largest absolute Gasteiger partial charge is 0.393 e. The predicted octanol–water partition coefficient (Wildman–Crippen LogP) is 3.93. The van der Waals surface area contributed by atoms with E-state index in [2.05, 4.69) is 4.98 Å². The second-order valence-electron chi connectivity index (χ2n) is 3.88. The van der Waals surface area contributed by atoms with Gasteiger partial charge < -0.3 is 0 Å². The molecule has 2 rings (SSSR count). The molecular weight excluding hydrogens is 261 g/mol. The summed E-state index contributed by atoms with van der Waals surface area (Å²) in [6.07, 6.45) is -5.11. The van der Waals surface area contributed by atoms with Gasteiger partial charge >= 0.3 is 6.18 Å². The Hall–Kier alpha value is -1.61. The fourth-order valence-electron chi connectivity index (χ4n) is 1.63. The van der Waals surface area contributed by atoms with Gasteiger partial charge in [0.15, 0.2) is 0 Å². The maximum Gasteiger partial charge on any atom is 0.393 e. The van der Waals surface area contributed by atoms with Crippen LogP contribution in [-0.4, -0.2) is 11.2 Å². The molecule has 1 aromatic carbocycles. The quantitative estimate of drug-likeness (QED) is 0.847. The third-order valence-corrected chi connectivity index (χ3v) is 3.62. The Morgan fingerprint density at radius 2 is 2.06 bits per heavy atom. The molecule has 0 aliphatic heterocycles. The first-order chi connectivity index (χ1) is 8.50. The van der Waals surface area contributed by atoms with E-state index in [0.29, 0.717) is 10.5 Å². The lowest BCUT2D eigenvalue weighted by Crippen LogP contribution is -2.24. The van der Waals surface area contributed by atoms with Crippen molar-refractivity contribution >= 4 is 21.6 Å². The summed E-state index contributed by atoms with van der Waals surface area (Å²) in [5, 5.41) is 8.88. The van der Waals surface area contributed by atoms with Gasteiger partial charge in [-0.2, -0.15) is 18.4 Å². The van der Waals surface area contributed by atoms with Gasteiger partial charge in [0.2, 0.25) is 0 Å². The molecule has 0 unspecified atom stereocenters. The van der Waals surface area contributed by atoms with E-state index in [4.69, 9.17) is 5.26 Å². The summed E-state index contributed by atoms with van der Waals surface area (Å²) in [6.45, 7) is 0. The van der Waals surface area contributed by atoms with E-state index in [1.54, 1.807) is 18.2 Å². The number of hydrogen-bond donors (Lipinski definition) is 0. The molecule has 0 saturated heterocycles. The van der Waals surface area contributed by atoms with Crippen molar-refractivity contribution in [2.24, 2.45) is 5.92 Å². The number of aromatic nitrogens is 1. The molecule has 6 heteroatoms. The molecule has 1 aromatic heterocycles. The number of benzene rings is 1. The molecule has 2 aromatic rings. The van der Waals surface area contributed by atoms with E-state index in [-0.39, 0.29) is 6.42 Å². The van der Waals surface area contributed by atoms with Crippen LogP contribution in [0.25, 0.3) is 10.2 Å². The molecule has 0 amide bonds. The molecule has 0 aliphatic carbocycles. The van der Waals surface area contributed by atoms with Gasteiger partial charge in [0, 0.05) is 12.8 Å². The van der Waals surface area contributed by atoms with Gasteiger partial charge in [-0.25, -0.2) is 4.98 Å². The monoisotopic (exact) mass is 270 g/mol. The maximum absolute atomic E-state index is 12.7. The summed E-state index contributed by atoms with van der Waals surface area (Å²) in [6, 6.07) is 8.79. The molecule has 0 spiro atoms. The van der Waals surface area contributed by atoms with Crippen LogP contribution in [0, 0.1) is 17.2 Å². The van der Waals surface area contributed by atoms with E-state index < -0.39 is 18.5 Å². The summed E-state index contributed by atoms with van der Waals surface area (Å²) < 4.78 is 38.9. The minimum absolute atomic E-state index is 0.226. The maximum atomic E-state index is 12.7. The Labute approximate surface area is 106 Å². The number of thiazole rings is 1. The first-order valence-electron chi connectivity index (χ1n) is 5.29. The Balaban J connectivity index is 2.24. The van der Waals surface area contributed by atoms with Gasteiger partial charge in [-0.3, -0.25) is 0 Å². The highest BCUT2D eigenvalue weighted by molar-refractivity contribution is 7.18. The van der Waals surface area contributed by atoms with Gasteiger partial charge in [0.25, 0.3) is 0 Å². The van der Waals surface area contributed by atoms with Crippen molar-refractivity contribution in [3.8, 4) is 6.07 Å². The number of alkyl halides is 3. The third-order valence-electron chi connectivity index (χ3n) is 2.56. The summed E-state index contributed by atoms with van der Waals surface area (Å²) in [5.74, 6) is -1.64. The highest BCUT2D eigenvalue weighted by Crippen LogP contribution is 2.33. The molecule has 18 heavy (non-hydrogen) atoms. The van der Waals surface area contributed by atoms with Crippen molar-refractivity contribution in [2.45, 2.75) is 19.0 Å². The molecular formula is C12H9F3N2S. The Kier molecular flexibility index (Phi) is 3.53. The molecule has 0 saturated carbocycles. The Bertz CT molecular complexity index is 550. The molecule has 0 fully saturated rings. The average molecular weight is 270 g/mol. The summed E-state index contributed by atoms with van der Waals surface area (Å²) in [5.41, 5.74) is 0.704. The lowest BCUT2D eigenvalue weighted by atomic mass is 10.0. The second kappa shape index (κ2) is 4.94. The van der Waals surface area contributed by atoms with Gasteiger partial charge in [-0.05, 0) is 12.1 Å². The van der Waals surface area contributed by atoms with Gasteiger partial charge in [-0.15, -0.1) is 11.3 Å². The highest BCUT2D eigenvalue weighted by atomic mass is 32.1. The van der Waals surface area contributed by atoms with Gasteiger partial charge in [0.05, 0.1) is 27.2 Å². The predicted molar refractivity (Wildman–Crippen MR) is 63.1 cm³/mol. The van der Waals surface area contributed by atoms with Crippen LogP contribution < -0.4 is 0 Å². The SMILES string of the molecule is N#CC[C@H](Cc1nc2ccccc2s1)C(F)(F)F. The Morgan fingerprint density at radius 1 is 1.33 bits per heavy atom. The minimum atomic E-state index is -4.35. The normalized spacial score (nSPS) is 13.4. The summed E-state index contributed by atoms with van der Waals surface area (Å²) in [7, 11) is 0. The number of rotatable bonds is 3. The van der Waals surface area contributed by atoms with E-state index in [9.17, 15) is 13.2 Å².